The van der Waals surface area contributed by atoms with Crippen molar-refractivity contribution in [2.24, 2.45) is 7.05 Å². The molecule has 2 heterocycles. The van der Waals surface area contributed by atoms with E-state index < -0.39 is 0 Å². The lowest BCUT2D eigenvalue weighted by Gasteiger charge is -2.20. The highest BCUT2D eigenvalue weighted by Gasteiger charge is 2.20. The summed E-state index contributed by atoms with van der Waals surface area (Å²) in [5.74, 6) is 0. The van der Waals surface area contributed by atoms with Gasteiger partial charge in [-0.2, -0.15) is 4.57 Å². The maximum Gasteiger partial charge on any atom is 0.248 e. The van der Waals surface area contributed by atoms with Crippen LogP contribution in [0.1, 0.15) is 12.0 Å². The molecule has 4 nitrogen and oxygen atoms in total. The summed E-state index contributed by atoms with van der Waals surface area (Å²) < 4.78 is 4.09. The molecule has 2 aromatic rings. The Balaban J connectivity index is 2.20. The predicted molar refractivity (Wildman–Crippen MR) is 68.2 cm³/mol. The maximum atomic E-state index is 6.12. The smallest absolute Gasteiger partial charge is 0.248 e. The van der Waals surface area contributed by atoms with E-state index in [1.54, 1.807) is 0 Å². The average molecular weight is 229 g/mol. The highest BCUT2D eigenvalue weighted by atomic mass is 15.1. The van der Waals surface area contributed by atoms with Crippen LogP contribution in [0.5, 0.6) is 0 Å². The van der Waals surface area contributed by atoms with Gasteiger partial charge in [0, 0.05) is 6.54 Å². The number of nitrogen functional groups attached to an aromatic ring is 1. The monoisotopic (exact) mass is 229 g/mol. The number of fused-ring (bicyclic) bond motifs is 1. The highest BCUT2D eigenvalue weighted by molar-refractivity contribution is 5.77. The van der Waals surface area contributed by atoms with E-state index in [1.165, 1.54) is 17.7 Å². The van der Waals surface area contributed by atoms with E-state index in [1.807, 2.05) is 36.4 Å². The van der Waals surface area contributed by atoms with Crippen LogP contribution in [0.15, 0.2) is 30.9 Å². The molecule has 0 bridgehead atoms. The molecule has 1 aromatic carbocycles. The van der Waals surface area contributed by atoms with Crippen LogP contribution >= 0.6 is 0 Å². The molecule has 0 radical (unpaired) electrons. The molecule has 4 heteroatoms. The lowest BCUT2D eigenvalue weighted by molar-refractivity contribution is -0.670. The van der Waals surface area contributed by atoms with Crippen molar-refractivity contribution in [1.29, 1.82) is 0 Å². The summed E-state index contributed by atoms with van der Waals surface area (Å²) in [6.45, 7) is 1.02. The van der Waals surface area contributed by atoms with Gasteiger partial charge in [-0.3, -0.25) is 0 Å². The van der Waals surface area contributed by atoms with Crippen molar-refractivity contribution < 1.29 is 4.57 Å². The zero-order valence-corrected chi connectivity index (χ0v) is 9.98. The molecule has 0 fully saturated rings. The standard InChI is InChI=1S/C13H17N4/c1-16-7-8-17(9-16)13-11(14)5-4-10-3-2-6-15-12(10)13/h4-5,7-9,15H,2-3,6,14H2,1H3/q+1. The minimum Gasteiger partial charge on any atom is -0.395 e. The fraction of sp³-hybridized carbons (Fsp3) is 0.308. The molecule has 3 rings (SSSR count). The third kappa shape index (κ3) is 1.65. The molecule has 3 N–H and O–H groups in total. The number of hydrogen-bond acceptors (Lipinski definition) is 2. The summed E-state index contributed by atoms with van der Waals surface area (Å²) in [4.78, 5) is 0. The molecular weight excluding hydrogens is 212 g/mol. The van der Waals surface area contributed by atoms with Gasteiger partial charge in [0.05, 0.1) is 18.4 Å². The first-order valence-electron chi connectivity index (χ1n) is 5.94. The van der Waals surface area contributed by atoms with Gasteiger partial charge < -0.3 is 11.1 Å². The van der Waals surface area contributed by atoms with Crippen LogP contribution in [0.2, 0.25) is 0 Å². The Morgan fingerprint density at radius 3 is 3.06 bits per heavy atom. The lowest BCUT2D eigenvalue weighted by atomic mass is 10.0. The quantitative estimate of drug-likeness (QED) is 0.571. The van der Waals surface area contributed by atoms with E-state index in [0.717, 1.165) is 24.3 Å². The van der Waals surface area contributed by atoms with Crippen molar-refractivity contribution >= 4 is 11.4 Å². The van der Waals surface area contributed by atoms with E-state index in [4.69, 9.17) is 5.73 Å². The fourth-order valence-corrected chi connectivity index (χ4v) is 2.41. The molecule has 0 saturated carbocycles. The summed E-state index contributed by atoms with van der Waals surface area (Å²) in [7, 11) is 2.01. The molecule has 0 aliphatic carbocycles. The second kappa shape index (κ2) is 3.80. The third-order valence-electron chi connectivity index (χ3n) is 3.25. The largest absolute Gasteiger partial charge is 0.395 e. The van der Waals surface area contributed by atoms with Gasteiger partial charge in [-0.1, -0.05) is 6.07 Å². The molecule has 0 saturated heterocycles. The lowest BCUT2D eigenvalue weighted by Crippen LogP contribution is -2.24. The molecule has 17 heavy (non-hydrogen) atoms. The van der Waals surface area contributed by atoms with Crippen LogP contribution in [-0.2, 0) is 13.5 Å². The predicted octanol–water partition coefficient (Wildman–Crippen LogP) is 1.24. The number of nitrogens with two attached hydrogens (primary N) is 1. The van der Waals surface area contributed by atoms with Crippen molar-refractivity contribution in [2.45, 2.75) is 12.8 Å². The molecule has 1 aliphatic heterocycles. The summed E-state index contributed by atoms with van der Waals surface area (Å²) in [5, 5.41) is 3.47. The maximum absolute atomic E-state index is 6.12. The van der Waals surface area contributed by atoms with Gasteiger partial charge in [-0.25, -0.2) is 4.57 Å². The van der Waals surface area contributed by atoms with Crippen LogP contribution in [0.4, 0.5) is 11.4 Å². The van der Waals surface area contributed by atoms with Gasteiger partial charge in [0.15, 0.2) is 5.69 Å². The fourth-order valence-electron chi connectivity index (χ4n) is 2.41. The first-order valence-corrected chi connectivity index (χ1v) is 5.94. The number of nitrogens with zero attached hydrogens (tertiary/aromatic N) is 2. The molecule has 0 amide bonds. The Kier molecular flexibility index (Phi) is 2.28. The number of benzene rings is 1. The van der Waals surface area contributed by atoms with E-state index in [2.05, 4.69) is 16.0 Å². The number of aromatic nitrogens is 2. The van der Waals surface area contributed by atoms with E-state index in [0.29, 0.717) is 0 Å². The Labute approximate surface area is 101 Å². The van der Waals surface area contributed by atoms with Crippen molar-refractivity contribution in [3.05, 3.63) is 36.4 Å². The number of hydrogen-bond donors (Lipinski definition) is 2. The summed E-state index contributed by atoms with van der Waals surface area (Å²) in [6, 6.07) is 4.13. The molecule has 1 aliphatic rings. The van der Waals surface area contributed by atoms with Crippen molar-refractivity contribution in [3.63, 3.8) is 0 Å². The Hall–Kier alpha value is -1.97. The SMILES string of the molecule is C[n+]1ccn(-c2c(N)ccc3c2NCCC3)c1. The minimum absolute atomic E-state index is 0.814. The molecular formula is C13H17N4+. The van der Waals surface area contributed by atoms with Crippen LogP contribution in [0.25, 0.3) is 5.69 Å². The number of anilines is 2. The summed E-state index contributed by atoms with van der Waals surface area (Å²) >= 11 is 0. The number of rotatable bonds is 1. The number of imidazole rings is 1. The van der Waals surface area contributed by atoms with Gasteiger partial charge >= 0.3 is 0 Å². The van der Waals surface area contributed by atoms with Gasteiger partial charge in [0.2, 0.25) is 6.33 Å². The molecule has 1 aromatic heterocycles. The number of aryl methyl sites for hydroxylation is 2. The van der Waals surface area contributed by atoms with Gasteiger partial charge in [-0.05, 0) is 24.5 Å². The highest BCUT2D eigenvalue weighted by Crippen LogP contribution is 2.33. The van der Waals surface area contributed by atoms with Gasteiger partial charge in [-0.15, -0.1) is 0 Å². The van der Waals surface area contributed by atoms with Gasteiger partial charge in [0.25, 0.3) is 0 Å². The Bertz CT molecular complexity index is 557. The van der Waals surface area contributed by atoms with Crippen LogP contribution in [-0.4, -0.2) is 11.1 Å². The van der Waals surface area contributed by atoms with E-state index in [9.17, 15) is 0 Å². The third-order valence-corrected chi connectivity index (χ3v) is 3.25. The van der Waals surface area contributed by atoms with Gasteiger partial charge in [0.1, 0.15) is 12.4 Å². The van der Waals surface area contributed by atoms with Crippen LogP contribution in [0, 0.1) is 0 Å². The zero-order valence-electron chi connectivity index (χ0n) is 9.98. The van der Waals surface area contributed by atoms with E-state index in [-0.39, 0.29) is 0 Å². The molecule has 88 valence electrons. The average Bonchev–Trinajstić information content (AvgIpc) is 2.75. The van der Waals surface area contributed by atoms with Crippen LogP contribution in [0.3, 0.4) is 0 Å². The van der Waals surface area contributed by atoms with Crippen LogP contribution < -0.4 is 15.6 Å². The molecule has 0 spiro atoms. The second-order valence-corrected chi connectivity index (χ2v) is 4.55. The topological polar surface area (TPSA) is 46.9 Å². The Morgan fingerprint density at radius 1 is 1.41 bits per heavy atom. The Morgan fingerprint density at radius 2 is 2.29 bits per heavy atom. The number of nitrogens with one attached hydrogen (secondary N) is 1. The first-order chi connectivity index (χ1) is 8.25. The summed E-state index contributed by atoms with van der Waals surface area (Å²) in [6.07, 6.45) is 8.39. The van der Waals surface area contributed by atoms with Crippen molar-refractivity contribution in [3.8, 4) is 5.69 Å². The van der Waals surface area contributed by atoms with Crippen molar-refractivity contribution in [2.75, 3.05) is 17.6 Å². The minimum atomic E-state index is 0.814. The summed E-state index contributed by atoms with van der Waals surface area (Å²) in [5.41, 5.74) is 10.5. The van der Waals surface area contributed by atoms with E-state index >= 15 is 0 Å². The second-order valence-electron chi connectivity index (χ2n) is 4.55. The molecule has 0 unspecified atom stereocenters. The van der Waals surface area contributed by atoms with Crippen molar-refractivity contribution in [1.82, 2.24) is 4.57 Å². The zero-order chi connectivity index (χ0) is 11.8. The normalized spacial score (nSPS) is 14.2. The first kappa shape index (κ1) is 10.2. The molecule has 0 atom stereocenters.